The summed E-state index contributed by atoms with van der Waals surface area (Å²) in [5, 5.41) is 0. The Bertz CT molecular complexity index is 634. The minimum atomic E-state index is -4.74. The van der Waals surface area contributed by atoms with Gasteiger partial charge in [-0.1, -0.05) is 6.07 Å². The van der Waals surface area contributed by atoms with E-state index in [1.807, 2.05) is 0 Å². The van der Waals surface area contributed by atoms with Crippen LogP contribution in [0.1, 0.15) is 15.9 Å². The van der Waals surface area contributed by atoms with Crippen molar-refractivity contribution in [1.29, 1.82) is 0 Å². The summed E-state index contributed by atoms with van der Waals surface area (Å²) < 4.78 is 39.7. The Hall–Kier alpha value is -2.63. The van der Waals surface area contributed by atoms with Crippen LogP contribution in [0, 0.1) is 0 Å². The van der Waals surface area contributed by atoms with Crippen LogP contribution in [0.25, 0.3) is 6.08 Å². The molecule has 0 aliphatic rings. The fourth-order valence-electron chi connectivity index (χ4n) is 1.56. The lowest BCUT2D eigenvalue weighted by molar-refractivity contribution is -0.274. The summed E-state index contributed by atoms with van der Waals surface area (Å²) in [5.41, 5.74) is 1.02. The lowest BCUT2D eigenvalue weighted by Gasteiger charge is -2.08. The first kappa shape index (κ1) is 14.8. The van der Waals surface area contributed by atoms with Crippen molar-refractivity contribution in [3.05, 3.63) is 66.0 Å². The number of alkyl halides is 3. The number of aromatic nitrogens is 1. The van der Waals surface area contributed by atoms with Gasteiger partial charge in [0.15, 0.2) is 5.78 Å². The fraction of sp³-hybridized carbons (Fsp3) is 0.0667. The number of ether oxygens (including phenoxy) is 1. The molecule has 0 unspecified atom stereocenters. The van der Waals surface area contributed by atoms with Crippen LogP contribution in [0.5, 0.6) is 5.75 Å². The maximum atomic E-state index is 12.0. The highest BCUT2D eigenvalue weighted by Gasteiger charge is 2.30. The lowest BCUT2D eigenvalue weighted by atomic mass is 10.1. The van der Waals surface area contributed by atoms with Crippen LogP contribution in [0.3, 0.4) is 0 Å². The Morgan fingerprint density at radius 3 is 2.43 bits per heavy atom. The third kappa shape index (κ3) is 4.76. The molecule has 0 fully saturated rings. The fourth-order valence-corrected chi connectivity index (χ4v) is 1.56. The molecule has 0 atom stereocenters. The smallest absolute Gasteiger partial charge is 0.406 e. The molecule has 108 valence electrons. The van der Waals surface area contributed by atoms with E-state index in [2.05, 4.69) is 9.72 Å². The van der Waals surface area contributed by atoms with Crippen LogP contribution >= 0.6 is 0 Å². The topological polar surface area (TPSA) is 39.2 Å². The van der Waals surface area contributed by atoms with Crippen LogP contribution in [-0.2, 0) is 0 Å². The number of pyridine rings is 1. The highest BCUT2D eigenvalue weighted by molar-refractivity contribution is 6.06. The summed E-state index contributed by atoms with van der Waals surface area (Å²) in [7, 11) is 0. The molecule has 0 saturated carbocycles. The second kappa shape index (κ2) is 6.21. The summed E-state index contributed by atoms with van der Waals surface area (Å²) in [4.78, 5) is 15.7. The SMILES string of the molecule is O=C(C=Cc1cccnc1)c1ccc(OC(F)(F)F)cc1. The number of ketones is 1. The molecule has 1 aromatic carbocycles. The largest absolute Gasteiger partial charge is 0.573 e. The number of hydrogen-bond acceptors (Lipinski definition) is 3. The van der Waals surface area contributed by atoms with Gasteiger partial charge >= 0.3 is 6.36 Å². The van der Waals surface area contributed by atoms with Crippen molar-refractivity contribution >= 4 is 11.9 Å². The number of carbonyl (C=O) groups is 1. The number of carbonyl (C=O) groups excluding carboxylic acids is 1. The summed E-state index contributed by atoms with van der Waals surface area (Å²) in [6, 6.07) is 8.25. The van der Waals surface area contributed by atoms with E-state index in [4.69, 9.17) is 0 Å². The summed E-state index contributed by atoms with van der Waals surface area (Å²) in [6.07, 6.45) is 1.36. The predicted octanol–water partition coefficient (Wildman–Crippen LogP) is 3.88. The number of allylic oxidation sites excluding steroid dienone is 1. The van der Waals surface area contributed by atoms with Gasteiger partial charge in [0.25, 0.3) is 0 Å². The summed E-state index contributed by atoms with van der Waals surface area (Å²) in [5.74, 6) is -0.687. The Kier molecular flexibility index (Phi) is 4.37. The second-order valence-corrected chi connectivity index (χ2v) is 4.06. The van der Waals surface area contributed by atoms with Crippen molar-refractivity contribution in [3.63, 3.8) is 0 Å². The number of nitrogens with zero attached hydrogens (tertiary/aromatic N) is 1. The van der Waals surface area contributed by atoms with Crippen molar-refractivity contribution in [2.24, 2.45) is 0 Å². The van der Waals surface area contributed by atoms with Gasteiger partial charge in [-0.2, -0.15) is 0 Å². The molecule has 6 heteroatoms. The number of hydrogen-bond donors (Lipinski definition) is 0. The average molecular weight is 293 g/mol. The minimum Gasteiger partial charge on any atom is -0.406 e. The van der Waals surface area contributed by atoms with Gasteiger partial charge in [-0.05, 0) is 48.0 Å². The van der Waals surface area contributed by atoms with E-state index < -0.39 is 6.36 Å². The first-order valence-corrected chi connectivity index (χ1v) is 5.92. The average Bonchev–Trinajstić information content (AvgIpc) is 2.45. The standard InChI is InChI=1S/C15H10F3NO2/c16-15(17,18)21-13-6-4-12(5-7-13)14(20)8-3-11-2-1-9-19-10-11/h1-10H. The van der Waals surface area contributed by atoms with Gasteiger partial charge in [0.2, 0.25) is 0 Å². The molecule has 1 heterocycles. The zero-order chi connectivity index (χ0) is 15.3. The van der Waals surface area contributed by atoms with Crippen molar-refractivity contribution in [2.75, 3.05) is 0 Å². The van der Waals surface area contributed by atoms with Crippen LogP contribution in [0.15, 0.2) is 54.9 Å². The third-order valence-corrected chi connectivity index (χ3v) is 2.48. The van der Waals surface area contributed by atoms with Gasteiger partial charge in [-0.25, -0.2) is 0 Å². The second-order valence-electron chi connectivity index (χ2n) is 4.06. The van der Waals surface area contributed by atoms with Crippen LogP contribution in [-0.4, -0.2) is 17.1 Å². The molecule has 0 aliphatic heterocycles. The molecule has 0 saturated heterocycles. The van der Waals surface area contributed by atoms with Crippen molar-refractivity contribution in [3.8, 4) is 5.75 Å². The molecule has 2 aromatic rings. The van der Waals surface area contributed by atoms with E-state index >= 15 is 0 Å². The predicted molar refractivity (Wildman–Crippen MR) is 70.7 cm³/mol. The molecule has 0 N–H and O–H groups in total. The minimum absolute atomic E-state index is 0.268. The number of halogens is 3. The molecular weight excluding hydrogens is 283 g/mol. The monoisotopic (exact) mass is 293 g/mol. The lowest BCUT2D eigenvalue weighted by Crippen LogP contribution is -2.17. The normalized spacial score (nSPS) is 11.6. The molecule has 2 rings (SSSR count). The molecule has 21 heavy (non-hydrogen) atoms. The summed E-state index contributed by atoms with van der Waals surface area (Å²) in [6.45, 7) is 0. The van der Waals surface area contributed by atoms with E-state index in [1.54, 1.807) is 30.6 Å². The van der Waals surface area contributed by atoms with E-state index in [-0.39, 0.29) is 17.1 Å². The molecule has 0 spiro atoms. The van der Waals surface area contributed by atoms with E-state index in [0.29, 0.717) is 0 Å². The molecule has 0 aliphatic carbocycles. The number of benzene rings is 1. The van der Waals surface area contributed by atoms with Crippen molar-refractivity contribution < 1.29 is 22.7 Å². The maximum absolute atomic E-state index is 12.0. The van der Waals surface area contributed by atoms with Crippen molar-refractivity contribution in [1.82, 2.24) is 4.98 Å². The Labute approximate surface area is 118 Å². The quantitative estimate of drug-likeness (QED) is 0.634. The zero-order valence-corrected chi connectivity index (χ0v) is 10.7. The van der Waals surface area contributed by atoms with Gasteiger partial charge in [-0.3, -0.25) is 9.78 Å². The molecule has 1 aromatic heterocycles. The van der Waals surface area contributed by atoms with E-state index in [1.165, 1.54) is 18.2 Å². The molecule has 0 amide bonds. The highest BCUT2D eigenvalue weighted by Crippen LogP contribution is 2.22. The molecule has 0 radical (unpaired) electrons. The number of rotatable bonds is 4. The summed E-state index contributed by atoms with van der Waals surface area (Å²) >= 11 is 0. The van der Waals surface area contributed by atoms with E-state index in [0.717, 1.165) is 17.7 Å². The first-order chi connectivity index (χ1) is 9.94. The molecule has 0 bridgehead atoms. The molecular formula is C15H10F3NO2. The third-order valence-electron chi connectivity index (χ3n) is 2.48. The van der Waals surface area contributed by atoms with Gasteiger partial charge < -0.3 is 4.74 Å². The van der Waals surface area contributed by atoms with Gasteiger partial charge in [0.05, 0.1) is 0 Å². The first-order valence-electron chi connectivity index (χ1n) is 5.92. The maximum Gasteiger partial charge on any atom is 0.573 e. The Morgan fingerprint density at radius 1 is 1.14 bits per heavy atom. The Balaban J connectivity index is 2.05. The zero-order valence-electron chi connectivity index (χ0n) is 10.7. The van der Waals surface area contributed by atoms with Gasteiger partial charge in [-0.15, -0.1) is 13.2 Å². The van der Waals surface area contributed by atoms with Crippen LogP contribution in [0.2, 0.25) is 0 Å². The molecule has 3 nitrogen and oxygen atoms in total. The van der Waals surface area contributed by atoms with Crippen LogP contribution < -0.4 is 4.74 Å². The highest BCUT2D eigenvalue weighted by atomic mass is 19.4. The van der Waals surface area contributed by atoms with Crippen LogP contribution in [0.4, 0.5) is 13.2 Å². The van der Waals surface area contributed by atoms with Gasteiger partial charge in [0.1, 0.15) is 5.75 Å². The Morgan fingerprint density at radius 2 is 1.86 bits per heavy atom. The van der Waals surface area contributed by atoms with E-state index in [9.17, 15) is 18.0 Å². The van der Waals surface area contributed by atoms with Gasteiger partial charge in [0, 0.05) is 18.0 Å². The van der Waals surface area contributed by atoms with Crippen molar-refractivity contribution in [2.45, 2.75) is 6.36 Å².